The van der Waals surface area contributed by atoms with E-state index in [-0.39, 0.29) is 0 Å². The summed E-state index contributed by atoms with van der Waals surface area (Å²) in [5.74, 6) is 1.73. The smallest absolute Gasteiger partial charge is 0.223 e. The molecule has 25 heavy (non-hydrogen) atoms. The molecular formula is C21H25N3O. The SMILES string of the molecule is Cc1cccc(N2CCN(C(=O)CC3CCc4ccccc43)CC2)n1. The molecule has 0 bridgehead atoms. The van der Waals surface area contributed by atoms with Crippen molar-refractivity contribution in [2.75, 3.05) is 31.1 Å². The van der Waals surface area contributed by atoms with Crippen LogP contribution in [0, 0.1) is 6.92 Å². The zero-order chi connectivity index (χ0) is 17.2. The zero-order valence-electron chi connectivity index (χ0n) is 14.8. The molecule has 1 aliphatic carbocycles. The molecule has 4 nitrogen and oxygen atoms in total. The van der Waals surface area contributed by atoms with Crippen LogP contribution in [0.4, 0.5) is 5.82 Å². The first kappa shape index (κ1) is 16.1. The van der Waals surface area contributed by atoms with Gasteiger partial charge in [0.05, 0.1) is 0 Å². The molecule has 2 heterocycles. The third-order valence-corrected chi connectivity index (χ3v) is 5.51. The largest absolute Gasteiger partial charge is 0.353 e. The van der Waals surface area contributed by atoms with E-state index in [1.54, 1.807) is 0 Å². The Morgan fingerprint density at radius 3 is 2.68 bits per heavy atom. The lowest BCUT2D eigenvalue weighted by molar-refractivity contribution is -0.131. The number of anilines is 1. The van der Waals surface area contributed by atoms with E-state index in [4.69, 9.17) is 0 Å². The van der Waals surface area contributed by atoms with E-state index < -0.39 is 0 Å². The fourth-order valence-corrected chi connectivity index (χ4v) is 4.09. The molecule has 4 rings (SSSR count). The summed E-state index contributed by atoms with van der Waals surface area (Å²) in [7, 11) is 0. The quantitative estimate of drug-likeness (QED) is 0.864. The van der Waals surface area contributed by atoms with Crippen LogP contribution in [0.3, 0.4) is 0 Å². The second-order valence-electron chi connectivity index (χ2n) is 7.14. The summed E-state index contributed by atoms with van der Waals surface area (Å²) in [5, 5.41) is 0. The van der Waals surface area contributed by atoms with E-state index in [0.29, 0.717) is 18.2 Å². The molecule has 130 valence electrons. The molecule has 0 saturated carbocycles. The molecule has 0 radical (unpaired) electrons. The van der Waals surface area contributed by atoms with Crippen LogP contribution in [-0.2, 0) is 11.2 Å². The number of piperazine rings is 1. The number of aryl methyl sites for hydroxylation is 2. The Morgan fingerprint density at radius 1 is 1.08 bits per heavy atom. The van der Waals surface area contributed by atoms with Crippen LogP contribution in [0.5, 0.6) is 0 Å². The molecule has 1 aliphatic heterocycles. The second-order valence-corrected chi connectivity index (χ2v) is 7.14. The van der Waals surface area contributed by atoms with Gasteiger partial charge in [-0.25, -0.2) is 4.98 Å². The van der Waals surface area contributed by atoms with Gasteiger partial charge >= 0.3 is 0 Å². The van der Waals surface area contributed by atoms with Gasteiger partial charge in [0.15, 0.2) is 0 Å². The van der Waals surface area contributed by atoms with Crippen molar-refractivity contribution in [1.82, 2.24) is 9.88 Å². The van der Waals surface area contributed by atoms with Gasteiger partial charge in [0, 0.05) is 38.3 Å². The number of hydrogen-bond donors (Lipinski definition) is 0. The van der Waals surface area contributed by atoms with Gasteiger partial charge in [0.25, 0.3) is 0 Å². The molecule has 0 N–H and O–H groups in total. The van der Waals surface area contributed by atoms with Crippen molar-refractivity contribution in [3.63, 3.8) is 0 Å². The molecular weight excluding hydrogens is 310 g/mol. The lowest BCUT2D eigenvalue weighted by atomic mass is 9.97. The average molecular weight is 335 g/mol. The summed E-state index contributed by atoms with van der Waals surface area (Å²) in [5.41, 5.74) is 3.85. The third-order valence-electron chi connectivity index (χ3n) is 5.51. The van der Waals surface area contributed by atoms with Crippen LogP contribution >= 0.6 is 0 Å². The lowest BCUT2D eigenvalue weighted by Gasteiger charge is -2.36. The Balaban J connectivity index is 1.34. The van der Waals surface area contributed by atoms with Crippen LogP contribution in [0.1, 0.15) is 35.6 Å². The van der Waals surface area contributed by atoms with Crippen molar-refractivity contribution in [3.8, 4) is 0 Å². The minimum atomic E-state index is 0.304. The highest BCUT2D eigenvalue weighted by Crippen LogP contribution is 2.35. The maximum absolute atomic E-state index is 12.8. The number of rotatable bonds is 3. The minimum Gasteiger partial charge on any atom is -0.353 e. The van der Waals surface area contributed by atoms with Crippen molar-refractivity contribution < 1.29 is 4.79 Å². The van der Waals surface area contributed by atoms with Gasteiger partial charge in [-0.15, -0.1) is 0 Å². The van der Waals surface area contributed by atoms with E-state index in [1.807, 2.05) is 24.0 Å². The average Bonchev–Trinajstić information content (AvgIpc) is 3.05. The molecule has 4 heteroatoms. The normalized spacial score (nSPS) is 19.8. The second kappa shape index (κ2) is 6.87. The minimum absolute atomic E-state index is 0.304. The summed E-state index contributed by atoms with van der Waals surface area (Å²) >= 11 is 0. The first-order valence-electron chi connectivity index (χ1n) is 9.25. The topological polar surface area (TPSA) is 36.4 Å². The molecule has 1 saturated heterocycles. The Labute approximate surface area is 149 Å². The standard InChI is InChI=1S/C21H25N3O/c1-16-5-4-8-20(22-16)23-11-13-24(14-12-23)21(25)15-18-10-9-17-6-2-3-7-19(17)18/h2-8,18H,9-15H2,1H3. The highest BCUT2D eigenvalue weighted by molar-refractivity contribution is 5.77. The van der Waals surface area contributed by atoms with Crippen molar-refractivity contribution >= 4 is 11.7 Å². The zero-order valence-corrected chi connectivity index (χ0v) is 14.8. The van der Waals surface area contributed by atoms with E-state index >= 15 is 0 Å². The number of aromatic nitrogens is 1. The van der Waals surface area contributed by atoms with Gasteiger partial charge in [-0.1, -0.05) is 30.3 Å². The number of benzene rings is 1. The number of carbonyl (C=O) groups excluding carboxylic acids is 1. The summed E-state index contributed by atoms with van der Waals surface area (Å²) in [6, 6.07) is 14.7. The predicted molar refractivity (Wildman–Crippen MR) is 99.9 cm³/mol. The number of carbonyl (C=O) groups is 1. The Kier molecular flexibility index (Phi) is 4.43. The molecule has 1 amide bonds. The van der Waals surface area contributed by atoms with E-state index in [9.17, 15) is 4.79 Å². The molecule has 0 spiro atoms. The molecule has 1 atom stereocenters. The van der Waals surface area contributed by atoms with Crippen LogP contribution in [0.15, 0.2) is 42.5 Å². The first-order valence-corrected chi connectivity index (χ1v) is 9.25. The number of fused-ring (bicyclic) bond motifs is 1. The van der Waals surface area contributed by atoms with Crippen LogP contribution in [0.2, 0.25) is 0 Å². The lowest BCUT2D eigenvalue weighted by Crippen LogP contribution is -2.49. The summed E-state index contributed by atoms with van der Waals surface area (Å²) in [6.45, 7) is 5.33. The number of nitrogens with zero attached hydrogens (tertiary/aromatic N) is 3. The van der Waals surface area contributed by atoms with E-state index in [1.165, 1.54) is 11.1 Å². The van der Waals surface area contributed by atoms with Crippen molar-refractivity contribution in [2.24, 2.45) is 0 Å². The van der Waals surface area contributed by atoms with E-state index in [2.05, 4.69) is 40.2 Å². The van der Waals surface area contributed by atoms with Gasteiger partial charge < -0.3 is 9.80 Å². The summed E-state index contributed by atoms with van der Waals surface area (Å²) < 4.78 is 0. The van der Waals surface area contributed by atoms with Crippen LogP contribution in [-0.4, -0.2) is 42.0 Å². The molecule has 1 aromatic heterocycles. The van der Waals surface area contributed by atoms with Gasteiger partial charge in [0.2, 0.25) is 5.91 Å². The van der Waals surface area contributed by atoms with Gasteiger partial charge in [-0.3, -0.25) is 4.79 Å². The van der Waals surface area contributed by atoms with Crippen molar-refractivity contribution in [3.05, 3.63) is 59.3 Å². The fourth-order valence-electron chi connectivity index (χ4n) is 4.09. The number of pyridine rings is 1. The van der Waals surface area contributed by atoms with Gasteiger partial charge in [-0.2, -0.15) is 0 Å². The highest BCUT2D eigenvalue weighted by atomic mass is 16.2. The molecule has 2 aromatic rings. The Bertz CT molecular complexity index is 765. The number of amides is 1. The predicted octanol–water partition coefficient (Wildman–Crippen LogP) is 3.16. The van der Waals surface area contributed by atoms with Crippen molar-refractivity contribution in [1.29, 1.82) is 0 Å². The monoisotopic (exact) mass is 335 g/mol. The summed E-state index contributed by atoms with van der Waals surface area (Å²) in [4.78, 5) is 21.7. The maximum Gasteiger partial charge on any atom is 0.223 e. The highest BCUT2D eigenvalue weighted by Gasteiger charge is 2.28. The molecule has 1 fully saturated rings. The first-order chi connectivity index (χ1) is 12.2. The van der Waals surface area contributed by atoms with Crippen LogP contribution < -0.4 is 4.90 Å². The van der Waals surface area contributed by atoms with Gasteiger partial charge in [-0.05, 0) is 48.9 Å². The Morgan fingerprint density at radius 2 is 1.88 bits per heavy atom. The maximum atomic E-state index is 12.8. The number of hydrogen-bond acceptors (Lipinski definition) is 3. The van der Waals surface area contributed by atoms with Crippen LogP contribution in [0.25, 0.3) is 0 Å². The Hall–Kier alpha value is -2.36. The summed E-state index contributed by atoms with van der Waals surface area (Å²) in [6.07, 6.45) is 2.87. The van der Waals surface area contributed by atoms with Gasteiger partial charge in [0.1, 0.15) is 5.82 Å². The molecule has 1 unspecified atom stereocenters. The molecule has 1 aromatic carbocycles. The van der Waals surface area contributed by atoms with Crippen molar-refractivity contribution in [2.45, 2.75) is 32.1 Å². The fraction of sp³-hybridized carbons (Fsp3) is 0.429. The molecule has 2 aliphatic rings. The van der Waals surface area contributed by atoms with E-state index in [0.717, 1.165) is 50.5 Å². The third kappa shape index (κ3) is 3.39.